The molecule has 0 amide bonds. The van der Waals surface area contributed by atoms with Gasteiger partial charge in [-0.1, -0.05) is 12.1 Å². The average molecular weight is 278 g/mol. The van der Waals surface area contributed by atoms with E-state index in [1.807, 2.05) is 24.3 Å². The molecule has 0 saturated heterocycles. The molecule has 2 aromatic heterocycles. The summed E-state index contributed by atoms with van der Waals surface area (Å²) in [4.78, 5) is 22.6. The van der Waals surface area contributed by atoms with Gasteiger partial charge in [-0.2, -0.15) is 4.98 Å². The number of rotatable bonds is 3. The molecule has 0 bridgehead atoms. The molecule has 0 fully saturated rings. The molecule has 0 aliphatic carbocycles. The lowest BCUT2D eigenvalue weighted by Crippen LogP contribution is -1.91. The molecule has 0 spiro atoms. The number of hydrogen-bond donors (Lipinski definition) is 2. The third-order valence-corrected chi connectivity index (χ3v) is 3.16. The lowest BCUT2D eigenvalue weighted by molar-refractivity contribution is 0.112. The Kier molecular flexibility index (Phi) is 2.47. The number of para-hydroxylation sites is 2. The van der Waals surface area contributed by atoms with Gasteiger partial charge in [-0.05, 0) is 30.3 Å². The van der Waals surface area contributed by atoms with Crippen molar-refractivity contribution >= 4 is 40.4 Å². The Morgan fingerprint density at radius 2 is 2.00 bits per heavy atom. The van der Waals surface area contributed by atoms with Crippen LogP contribution in [0.15, 0.2) is 46.9 Å². The van der Waals surface area contributed by atoms with Crippen molar-refractivity contribution in [3.63, 3.8) is 0 Å². The lowest BCUT2D eigenvalue weighted by atomic mass is 10.2. The number of aromatic amines is 1. The van der Waals surface area contributed by atoms with Gasteiger partial charge in [-0.25, -0.2) is 4.98 Å². The van der Waals surface area contributed by atoms with Crippen molar-refractivity contribution in [3.8, 4) is 0 Å². The van der Waals surface area contributed by atoms with Gasteiger partial charge in [0.05, 0.1) is 11.0 Å². The number of H-pyrrole nitrogens is 1. The molecule has 0 radical (unpaired) electrons. The summed E-state index contributed by atoms with van der Waals surface area (Å²) in [5.41, 5.74) is 3.59. The minimum Gasteiger partial charge on any atom is -0.423 e. The standard InChI is InChI=1S/C15H10N4O2/c20-8-9-5-6-13-12(7-9)18-15(21-13)19-14-16-10-3-1-2-4-11(10)17-14/h1-8H,(H2,16,17,18,19). The maximum atomic E-state index is 10.8. The number of nitrogens with zero attached hydrogens (tertiary/aromatic N) is 2. The smallest absolute Gasteiger partial charge is 0.302 e. The highest BCUT2D eigenvalue weighted by Crippen LogP contribution is 2.22. The van der Waals surface area contributed by atoms with Crippen LogP contribution in [0.1, 0.15) is 10.4 Å². The Morgan fingerprint density at radius 1 is 1.10 bits per heavy atom. The summed E-state index contributed by atoms with van der Waals surface area (Å²) in [6.45, 7) is 0. The van der Waals surface area contributed by atoms with E-state index < -0.39 is 0 Å². The van der Waals surface area contributed by atoms with E-state index in [-0.39, 0.29) is 0 Å². The van der Waals surface area contributed by atoms with Crippen LogP contribution in [0.25, 0.3) is 22.1 Å². The maximum Gasteiger partial charge on any atom is 0.302 e. The second kappa shape index (κ2) is 4.45. The third kappa shape index (κ3) is 2.02. The largest absolute Gasteiger partial charge is 0.423 e. The second-order valence-electron chi connectivity index (χ2n) is 4.59. The molecule has 4 aromatic rings. The van der Waals surface area contributed by atoms with Crippen molar-refractivity contribution in [1.29, 1.82) is 0 Å². The molecule has 2 aromatic carbocycles. The molecule has 0 saturated carbocycles. The maximum absolute atomic E-state index is 10.8. The minimum atomic E-state index is 0.326. The third-order valence-electron chi connectivity index (χ3n) is 3.16. The van der Waals surface area contributed by atoms with Gasteiger partial charge < -0.3 is 9.40 Å². The first-order chi connectivity index (χ1) is 10.3. The zero-order valence-electron chi connectivity index (χ0n) is 10.8. The van der Waals surface area contributed by atoms with E-state index in [9.17, 15) is 4.79 Å². The molecule has 21 heavy (non-hydrogen) atoms. The fourth-order valence-electron chi connectivity index (χ4n) is 2.18. The molecule has 0 atom stereocenters. The van der Waals surface area contributed by atoms with Crippen LogP contribution >= 0.6 is 0 Å². The molecular formula is C15H10N4O2. The van der Waals surface area contributed by atoms with Crippen molar-refractivity contribution in [1.82, 2.24) is 15.0 Å². The van der Waals surface area contributed by atoms with E-state index >= 15 is 0 Å². The summed E-state index contributed by atoms with van der Waals surface area (Å²) in [5.74, 6) is 0.554. The van der Waals surface area contributed by atoms with Gasteiger partial charge in [0.1, 0.15) is 11.8 Å². The van der Waals surface area contributed by atoms with E-state index in [1.165, 1.54) is 0 Å². The molecule has 6 heteroatoms. The first-order valence-electron chi connectivity index (χ1n) is 6.39. The number of nitrogens with one attached hydrogen (secondary N) is 2. The SMILES string of the molecule is O=Cc1ccc2oc(Nc3nc4ccccc4[nH]3)nc2c1. The van der Waals surface area contributed by atoms with E-state index in [2.05, 4.69) is 20.3 Å². The summed E-state index contributed by atoms with van der Waals surface area (Å²) < 4.78 is 5.57. The summed E-state index contributed by atoms with van der Waals surface area (Å²) in [7, 11) is 0. The summed E-state index contributed by atoms with van der Waals surface area (Å²) in [6.07, 6.45) is 0.778. The van der Waals surface area contributed by atoms with E-state index in [0.29, 0.717) is 28.6 Å². The summed E-state index contributed by atoms with van der Waals surface area (Å²) in [6, 6.07) is 13.1. The molecule has 6 nitrogen and oxygen atoms in total. The number of aldehydes is 1. The number of carbonyl (C=O) groups excluding carboxylic acids is 1. The number of benzene rings is 2. The first kappa shape index (κ1) is 11.7. The van der Waals surface area contributed by atoms with E-state index in [0.717, 1.165) is 17.3 Å². The van der Waals surface area contributed by atoms with Crippen LogP contribution in [-0.2, 0) is 0 Å². The van der Waals surface area contributed by atoms with Crippen molar-refractivity contribution < 1.29 is 9.21 Å². The molecule has 2 N–H and O–H groups in total. The normalized spacial score (nSPS) is 11.0. The second-order valence-corrected chi connectivity index (χ2v) is 4.59. The van der Waals surface area contributed by atoms with Crippen LogP contribution in [-0.4, -0.2) is 21.2 Å². The van der Waals surface area contributed by atoms with Gasteiger partial charge in [0, 0.05) is 5.56 Å². The Labute approximate surface area is 118 Å². The predicted octanol–water partition coefficient (Wildman–Crippen LogP) is 3.26. The fourth-order valence-corrected chi connectivity index (χ4v) is 2.18. The highest BCUT2D eigenvalue weighted by Gasteiger charge is 2.09. The molecule has 102 valence electrons. The van der Waals surface area contributed by atoms with Gasteiger partial charge in [-0.3, -0.25) is 10.1 Å². The molecular weight excluding hydrogens is 268 g/mol. The van der Waals surface area contributed by atoms with Crippen LogP contribution in [0.5, 0.6) is 0 Å². The highest BCUT2D eigenvalue weighted by atomic mass is 16.4. The van der Waals surface area contributed by atoms with Gasteiger partial charge in [0.15, 0.2) is 5.58 Å². The van der Waals surface area contributed by atoms with Gasteiger partial charge in [0.2, 0.25) is 5.95 Å². The number of anilines is 2. The number of oxazole rings is 1. The number of fused-ring (bicyclic) bond motifs is 2. The van der Waals surface area contributed by atoms with Crippen LogP contribution in [0.3, 0.4) is 0 Å². The van der Waals surface area contributed by atoms with Crippen LogP contribution in [0, 0.1) is 0 Å². The Bertz CT molecular complexity index is 922. The summed E-state index contributed by atoms with van der Waals surface area (Å²) in [5, 5.41) is 2.99. The van der Waals surface area contributed by atoms with Gasteiger partial charge in [0.25, 0.3) is 0 Å². The topological polar surface area (TPSA) is 83.8 Å². The van der Waals surface area contributed by atoms with Gasteiger partial charge >= 0.3 is 6.01 Å². The molecule has 2 heterocycles. The molecule has 0 aliphatic rings. The number of hydrogen-bond acceptors (Lipinski definition) is 5. The van der Waals surface area contributed by atoms with Crippen LogP contribution in [0.2, 0.25) is 0 Å². The van der Waals surface area contributed by atoms with Crippen LogP contribution < -0.4 is 5.32 Å². The number of imidazole rings is 1. The zero-order valence-corrected chi connectivity index (χ0v) is 10.8. The quantitative estimate of drug-likeness (QED) is 0.562. The fraction of sp³-hybridized carbons (Fsp3) is 0. The van der Waals surface area contributed by atoms with E-state index in [4.69, 9.17) is 4.42 Å². The van der Waals surface area contributed by atoms with Crippen molar-refractivity contribution in [2.24, 2.45) is 0 Å². The lowest BCUT2D eigenvalue weighted by Gasteiger charge is -1.93. The zero-order chi connectivity index (χ0) is 14.2. The van der Waals surface area contributed by atoms with Crippen molar-refractivity contribution in [2.45, 2.75) is 0 Å². The van der Waals surface area contributed by atoms with E-state index in [1.54, 1.807) is 18.2 Å². The first-order valence-corrected chi connectivity index (χ1v) is 6.39. The van der Waals surface area contributed by atoms with Crippen molar-refractivity contribution in [2.75, 3.05) is 5.32 Å². The Balaban J connectivity index is 1.71. The minimum absolute atomic E-state index is 0.326. The number of aromatic nitrogens is 3. The van der Waals surface area contributed by atoms with Gasteiger partial charge in [-0.15, -0.1) is 0 Å². The molecule has 4 rings (SSSR count). The number of carbonyl (C=O) groups is 1. The Hall–Kier alpha value is -3.15. The summed E-state index contributed by atoms with van der Waals surface area (Å²) >= 11 is 0. The highest BCUT2D eigenvalue weighted by molar-refractivity contribution is 5.85. The predicted molar refractivity (Wildman–Crippen MR) is 78.8 cm³/mol. The molecule has 0 unspecified atom stereocenters. The Morgan fingerprint density at radius 3 is 2.86 bits per heavy atom. The van der Waals surface area contributed by atoms with Crippen molar-refractivity contribution in [3.05, 3.63) is 48.0 Å². The van der Waals surface area contributed by atoms with Crippen LogP contribution in [0.4, 0.5) is 12.0 Å². The molecule has 0 aliphatic heterocycles. The average Bonchev–Trinajstić information content (AvgIpc) is 3.08. The monoisotopic (exact) mass is 278 g/mol.